The van der Waals surface area contributed by atoms with Crippen LogP contribution < -0.4 is 5.32 Å². The number of hydrogen-bond acceptors (Lipinski definition) is 5. The van der Waals surface area contributed by atoms with Gasteiger partial charge in [-0.2, -0.15) is 5.10 Å². The number of aryl methyl sites for hydroxylation is 2. The first kappa shape index (κ1) is 15.9. The molecule has 1 N–H and O–H groups in total. The van der Waals surface area contributed by atoms with Gasteiger partial charge in [0.05, 0.1) is 11.7 Å². The van der Waals surface area contributed by atoms with E-state index in [0.29, 0.717) is 0 Å². The number of amides is 1. The van der Waals surface area contributed by atoms with Crippen LogP contribution in [0.1, 0.15) is 27.3 Å². The Morgan fingerprint density at radius 3 is 2.83 bits per heavy atom. The molecular formula is C16H18N4OS2. The highest BCUT2D eigenvalue weighted by Gasteiger charge is 2.19. The first-order valence-electron chi connectivity index (χ1n) is 7.34. The van der Waals surface area contributed by atoms with E-state index >= 15 is 0 Å². The van der Waals surface area contributed by atoms with E-state index in [2.05, 4.69) is 21.5 Å². The van der Waals surface area contributed by atoms with Crippen LogP contribution in [0.5, 0.6) is 0 Å². The molecule has 7 heteroatoms. The number of thiophene rings is 1. The molecule has 0 bridgehead atoms. The smallest absolute Gasteiger partial charge is 0.242 e. The van der Waals surface area contributed by atoms with Gasteiger partial charge in [0.25, 0.3) is 0 Å². The molecule has 3 rings (SSSR count). The molecule has 0 aromatic carbocycles. The SMILES string of the molecule is Cc1cc(C)n(CC(=O)N[C@@H](Cc2cccs2)c2nccs2)n1. The highest BCUT2D eigenvalue weighted by molar-refractivity contribution is 7.10. The largest absolute Gasteiger partial charge is 0.345 e. The molecule has 0 aliphatic rings. The first-order chi connectivity index (χ1) is 11.1. The molecule has 5 nitrogen and oxygen atoms in total. The van der Waals surface area contributed by atoms with Crippen LogP contribution in [0.25, 0.3) is 0 Å². The lowest BCUT2D eigenvalue weighted by Crippen LogP contribution is -2.33. The van der Waals surface area contributed by atoms with Crippen LogP contribution in [0, 0.1) is 13.8 Å². The lowest BCUT2D eigenvalue weighted by atomic mass is 10.2. The highest BCUT2D eigenvalue weighted by Crippen LogP contribution is 2.23. The fourth-order valence-electron chi connectivity index (χ4n) is 2.45. The van der Waals surface area contributed by atoms with Crippen molar-refractivity contribution in [2.24, 2.45) is 0 Å². The number of aromatic nitrogens is 3. The standard InChI is InChI=1S/C16H18N4OS2/c1-11-8-12(2)20(19-11)10-15(21)18-14(16-17-5-7-23-16)9-13-4-3-6-22-13/h3-8,14H,9-10H2,1-2H3,(H,18,21)/t14-/m0/s1. The summed E-state index contributed by atoms with van der Waals surface area (Å²) >= 11 is 3.26. The van der Waals surface area contributed by atoms with Crippen LogP contribution in [0.3, 0.4) is 0 Å². The highest BCUT2D eigenvalue weighted by atomic mass is 32.1. The molecule has 3 aromatic heterocycles. The molecule has 0 aliphatic heterocycles. The number of hydrogen-bond donors (Lipinski definition) is 1. The lowest BCUT2D eigenvalue weighted by molar-refractivity contribution is -0.122. The number of rotatable bonds is 6. The average molecular weight is 346 g/mol. The summed E-state index contributed by atoms with van der Waals surface area (Å²) in [6.07, 6.45) is 2.53. The van der Waals surface area contributed by atoms with Crippen molar-refractivity contribution < 1.29 is 4.79 Å². The molecule has 1 atom stereocenters. The molecule has 0 radical (unpaired) electrons. The predicted molar refractivity (Wildman–Crippen MR) is 92.7 cm³/mol. The minimum absolute atomic E-state index is 0.0482. The normalized spacial score (nSPS) is 12.3. The van der Waals surface area contributed by atoms with Crippen molar-refractivity contribution in [1.82, 2.24) is 20.1 Å². The quantitative estimate of drug-likeness (QED) is 0.746. The van der Waals surface area contributed by atoms with Crippen molar-refractivity contribution >= 4 is 28.6 Å². The van der Waals surface area contributed by atoms with Gasteiger partial charge in [-0.1, -0.05) is 6.07 Å². The summed E-state index contributed by atoms with van der Waals surface area (Å²) in [6, 6.07) is 5.98. The van der Waals surface area contributed by atoms with E-state index in [1.165, 1.54) is 4.88 Å². The first-order valence-corrected chi connectivity index (χ1v) is 9.10. The number of carbonyl (C=O) groups excluding carboxylic acids is 1. The molecule has 1 amide bonds. The van der Waals surface area contributed by atoms with Gasteiger partial charge in [-0.05, 0) is 31.4 Å². The second kappa shape index (κ2) is 7.06. The number of nitrogens with zero attached hydrogens (tertiary/aromatic N) is 3. The molecule has 3 aromatic rings. The topological polar surface area (TPSA) is 59.8 Å². The number of carbonyl (C=O) groups is 1. The number of nitrogens with one attached hydrogen (secondary N) is 1. The van der Waals surface area contributed by atoms with Crippen molar-refractivity contribution in [1.29, 1.82) is 0 Å². The molecular weight excluding hydrogens is 328 g/mol. The Hall–Kier alpha value is -1.99. The summed E-state index contributed by atoms with van der Waals surface area (Å²) in [4.78, 5) is 18.0. The molecule has 0 fully saturated rings. The van der Waals surface area contributed by atoms with Gasteiger partial charge in [0, 0.05) is 28.6 Å². The summed E-state index contributed by atoms with van der Waals surface area (Å²) in [5.74, 6) is -0.0482. The zero-order valence-electron chi connectivity index (χ0n) is 13.0. The summed E-state index contributed by atoms with van der Waals surface area (Å²) in [7, 11) is 0. The maximum absolute atomic E-state index is 12.4. The maximum Gasteiger partial charge on any atom is 0.242 e. The van der Waals surface area contributed by atoms with Crippen LogP contribution in [0.15, 0.2) is 35.2 Å². The molecule has 0 aliphatic carbocycles. The van der Waals surface area contributed by atoms with Gasteiger partial charge in [-0.25, -0.2) is 4.98 Å². The molecule has 0 saturated heterocycles. The minimum atomic E-state index is -0.0990. The van der Waals surface area contributed by atoms with Crippen LogP contribution in [0.2, 0.25) is 0 Å². The third kappa shape index (κ3) is 4.05. The Morgan fingerprint density at radius 1 is 1.35 bits per heavy atom. The van der Waals surface area contributed by atoms with E-state index < -0.39 is 0 Å². The van der Waals surface area contributed by atoms with Gasteiger partial charge >= 0.3 is 0 Å². The van der Waals surface area contributed by atoms with E-state index in [9.17, 15) is 4.79 Å². The molecule has 0 unspecified atom stereocenters. The van der Waals surface area contributed by atoms with Gasteiger partial charge in [0.15, 0.2) is 0 Å². The Labute approximate surface area is 143 Å². The van der Waals surface area contributed by atoms with Gasteiger partial charge in [-0.3, -0.25) is 9.48 Å². The van der Waals surface area contributed by atoms with E-state index in [0.717, 1.165) is 22.8 Å². The van der Waals surface area contributed by atoms with Gasteiger partial charge in [0.1, 0.15) is 11.6 Å². The van der Waals surface area contributed by atoms with Crippen LogP contribution in [0.4, 0.5) is 0 Å². The number of thiazole rings is 1. The maximum atomic E-state index is 12.4. The molecule has 23 heavy (non-hydrogen) atoms. The fraction of sp³-hybridized carbons (Fsp3) is 0.312. The second-order valence-electron chi connectivity index (χ2n) is 5.36. The summed E-state index contributed by atoms with van der Waals surface area (Å²) in [6.45, 7) is 4.11. The molecule has 120 valence electrons. The lowest BCUT2D eigenvalue weighted by Gasteiger charge is -2.16. The van der Waals surface area contributed by atoms with E-state index in [-0.39, 0.29) is 18.5 Å². The Morgan fingerprint density at radius 2 is 2.22 bits per heavy atom. The Bertz CT molecular complexity index is 762. The van der Waals surface area contributed by atoms with Crippen molar-refractivity contribution in [3.8, 4) is 0 Å². The van der Waals surface area contributed by atoms with E-state index in [1.54, 1.807) is 33.6 Å². The van der Waals surface area contributed by atoms with Crippen LogP contribution >= 0.6 is 22.7 Å². The monoisotopic (exact) mass is 346 g/mol. The van der Waals surface area contributed by atoms with Gasteiger partial charge in [0.2, 0.25) is 5.91 Å². The van der Waals surface area contributed by atoms with Gasteiger partial charge < -0.3 is 5.32 Å². The van der Waals surface area contributed by atoms with E-state index in [4.69, 9.17) is 0 Å². The van der Waals surface area contributed by atoms with Crippen molar-refractivity contribution in [3.63, 3.8) is 0 Å². The average Bonchev–Trinajstić information content (AvgIpc) is 3.22. The summed E-state index contributed by atoms with van der Waals surface area (Å²) in [5, 5.41) is 12.4. The zero-order chi connectivity index (χ0) is 16.2. The Kier molecular flexibility index (Phi) is 4.88. The van der Waals surface area contributed by atoms with Crippen molar-refractivity contribution in [2.75, 3.05) is 0 Å². The van der Waals surface area contributed by atoms with E-state index in [1.807, 2.05) is 36.7 Å². The zero-order valence-corrected chi connectivity index (χ0v) is 14.7. The predicted octanol–water partition coefficient (Wildman–Crippen LogP) is 3.12. The fourth-order valence-corrected chi connectivity index (χ4v) is 3.89. The van der Waals surface area contributed by atoms with Crippen LogP contribution in [-0.2, 0) is 17.8 Å². The van der Waals surface area contributed by atoms with Crippen molar-refractivity contribution in [3.05, 3.63) is 56.4 Å². The molecule has 0 spiro atoms. The Balaban J connectivity index is 1.70. The third-order valence-corrected chi connectivity index (χ3v) is 5.25. The molecule has 0 saturated carbocycles. The second-order valence-corrected chi connectivity index (χ2v) is 7.32. The van der Waals surface area contributed by atoms with Crippen LogP contribution in [-0.4, -0.2) is 20.7 Å². The summed E-state index contributed by atoms with van der Waals surface area (Å²) < 4.78 is 1.73. The van der Waals surface area contributed by atoms with Gasteiger partial charge in [-0.15, -0.1) is 22.7 Å². The minimum Gasteiger partial charge on any atom is -0.345 e. The van der Waals surface area contributed by atoms with Crippen molar-refractivity contribution in [2.45, 2.75) is 32.9 Å². The third-order valence-electron chi connectivity index (χ3n) is 3.47. The summed E-state index contributed by atoms with van der Waals surface area (Å²) in [5.41, 5.74) is 1.91. The molecule has 3 heterocycles.